The summed E-state index contributed by atoms with van der Waals surface area (Å²) in [7, 11) is 1.56. The fraction of sp³-hybridized carbons (Fsp3) is 0.167. The van der Waals surface area contributed by atoms with Crippen molar-refractivity contribution in [3.8, 4) is 0 Å². The molecule has 0 saturated heterocycles. The smallest absolute Gasteiger partial charge is 0.261 e. The monoisotopic (exact) mass is 219 g/mol. The van der Waals surface area contributed by atoms with Crippen LogP contribution in [0.2, 0.25) is 0 Å². The van der Waals surface area contributed by atoms with Gasteiger partial charge in [-0.1, -0.05) is 0 Å². The van der Waals surface area contributed by atoms with E-state index in [0.29, 0.717) is 22.8 Å². The maximum absolute atomic E-state index is 13.1. The Hall–Kier alpha value is -1.97. The van der Waals surface area contributed by atoms with E-state index in [1.807, 2.05) is 0 Å². The van der Waals surface area contributed by atoms with Gasteiger partial charge in [0.05, 0.1) is 11.1 Å². The summed E-state index contributed by atoms with van der Waals surface area (Å²) < 4.78 is 14.5. The first-order valence-electron chi connectivity index (χ1n) is 4.80. The molecule has 0 aliphatic rings. The number of carbonyl (C=O) groups is 1. The van der Waals surface area contributed by atoms with Crippen molar-refractivity contribution in [3.05, 3.63) is 45.5 Å². The van der Waals surface area contributed by atoms with E-state index in [2.05, 4.69) is 0 Å². The summed E-state index contributed by atoms with van der Waals surface area (Å²) in [6.45, 7) is 1.65. The molecule has 82 valence electrons. The van der Waals surface area contributed by atoms with Crippen molar-refractivity contribution in [1.82, 2.24) is 4.57 Å². The van der Waals surface area contributed by atoms with Crippen LogP contribution in [-0.2, 0) is 7.05 Å². The van der Waals surface area contributed by atoms with Crippen molar-refractivity contribution in [2.45, 2.75) is 6.92 Å². The standard InChI is InChI=1S/C12H10FNO2/c1-7-9-5-8(13)3-4-11(9)14(2)12(16)10(7)6-15/h3-6H,1-2H3. The Bertz CT molecular complexity index is 643. The predicted octanol–water partition coefficient (Wildman–Crippen LogP) is 1.80. The van der Waals surface area contributed by atoms with Gasteiger partial charge in [-0.15, -0.1) is 0 Å². The fourth-order valence-corrected chi connectivity index (χ4v) is 1.84. The number of hydrogen-bond donors (Lipinski definition) is 0. The summed E-state index contributed by atoms with van der Waals surface area (Å²) in [6, 6.07) is 4.16. The molecule has 0 fully saturated rings. The molecule has 4 heteroatoms. The Morgan fingerprint density at radius 3 is 2.69 bits per heavy atom. The molecule has 0 atom stereocenters. The summed E-state index contributed by atoms with van der Waals surface area (Å²) in [5.41, 5.74) is 0.870. The molecule has 2 rings (SSSR count). The highest BCUT2D eigenvalue weighted by molar-refractivity contribution is 5.90. The van der Waals surface area contributed by atoms with Crippen molar-refractivity contribution in [2.24, 2.45) is 7.05 Å². The minimum absolute atomic E-state index is 0.0839. The summed E-state index contributed by atoms with van der Waals surface area (Å²) >= 11 is 0. The molecule has 0 aliphatic heterocycles. The number of aryl methyl sites for hydroxylation is 2. The van der Waals surface area contributed by atoms with Gasteiger partial charge in [0, 0.05) is 12.4 Å². The van der Waals surface area contributed by atoms with Crippen LogP contribution in [-0.4, -0.2) is 10.9 Å². The van der Waals surface area contributed by atoms with Gasteiger partial charge in [0.15, 0.2) is 6.29 Å². The summed E-state index contributed by atoms with van der Waals surface area (Å²) in [6.07, 6.45) is 0.516. The molecular weight excluding hydrogens is 209 g/mol. The van der Waals surface area contributed by atoms with Crippen molar-refractivity contribution in [2.75, 3.05) is 0 Å². The van der Waals surface area contributed by atoms with Crippen LogP contribution in [0.1, 0.15) is 15.9 Å². The lowest BCUT2D eigenvalue weighted by Gasteiger charge is -2.09. The lowest BCUT2D eigenvalue weighted by molar-refractivity contribution is 0.112. The van der Waals surface area contributed by atoms with Gasteiger partial charge in [-0.05, 0) is 30.7 Å². The average molecular weight is 219 g/mol. The Balaban J connectivity index is 3.08. The number of fused-ring (bicyclic) bond motifs is 1. The van der Waals surface area contributed by atoms with E-state index in [9.17, 15) is 14.0 Å². The number of halogens is 1. The van der Waals surface area contributed by atoms with Crippen LogP contribution in [0.4, 0.5) is 4.39 Å². The summed E-state index contributed by atoms with van der Waals surface area (Å²) in [5, 5.41) is 0.587. The molecule has 0 amide bonds. The van der Waals surface area contributed by atoms with E-state index < -0.39 is 0 Å². The number of nitrogens with zero attached hydrogens (tertiary/aromatic N) is 1. The lowest BCUT2D eigenvalue weighted by Crippen LogP contribution is -2.22. The fourth-order valence-electron chi connectivity index (χ4n) is 1.84. The zero-order valence-electron chi connectivity index (χ0n) is 8.95. The summed E-state index contributed by atoms with van der Waals surface area (Å²) in [5.74, 6) is -0.383. The van der Waals surface area contributed by atoms with Crippen molar-refractivity contribution in [1.29, 1.82) is 0 Å². The third-order valence-electron chi connectivity index (χ3n) is 2.78. The number of carbonyl (C=O) groups excluding carboxylic acids is 1. The van der Waals surface area contributed by atoms with E-state index in [1.165, 1.54) is 22.8 Å². The first kappa shape index (κ1) is 10.5. The van der Waals surface area contributed by atoms with Gasteiger partial charge in [0.1, 0.15) is 5.82 Å². The predicted molar refractivity (Wildman–Crippen MR) is 59.3 cm³/mol. The molecule has 0 bridgehead atoms. The molecule has 1 aromatic heterocycles. The zero-order chi connectivity index (χ0) is 11.9. The van der Waals surface area contributed by atoms with E-state index in [-0.39, 0.29) is 16.9 Å². The number of aldehydes is 1. The van der Waals surface area contributed by atoms with Crippen molar-refractivity contribution >= 4 is 17.2 Å². The summed E-state index contributed by atoms with van der Waals surface area (Å²) in [4.78, 5) is 22.6. The number of benzene rings is 1. The Morgan fingerprint density at radius 1 is 1.38 bits per heavy atom. The topological polar surface area (TPSA) is 39.1 Å². The van der Waals surface area contributed by atoms with E-state index in [0.717, 1.165) is 0 Å². The molecule has 16 heavy (non-hydrogen) atoms. The number of rotatable bonds is 1. The number of aromatic nitrogens is 1. The number of hydrogen-bond acceptors (Lipinski definition) is 2. The van der Waals surface area contributed by atoms with Gasteiger partial charge in [-0.2, -0.15) is 0 Å². The van der Waals surface area contributed by atoms with Crippen LogP contribution in [0.15, 0.2) is 23.0 Å². The first-order valence-corrected chi connectivity index (χ1v) is 4.80. The second kappa shape index (κ2) is 3.56. The Kier molecular flexibility index (Phi) is 2.34. The first-order chi connectivity index (χ1) is 7.56. The van der Waals surface area contributed by atoms with Gasteiger partial charge >= 0.3 is 0 Å². The number of pyridine rings is 1. The second-order valence-electron chi connectivity index (χ2n) is 3.68. The van der Waals surface area contributed by atoms with Crippen LogP contribution in [0.25, 0.3) is 10.9 Å². The Labute approximate surface area is 91.1 Å². The molecule has 0 N–H and O–H groups in total. The van der Waals surface area contributed by atoms with Gasteiger partial charge < -0.3 is 4.57 Å². The van der Waals surface area contributed by atoms with Crippen LogP contribution in [0.5, 0.6) is 0 Å². The van der Waals surface area contributed by atoms with Crippen LogP contribution >= 0.6 is 0 Å². The average Bonchev–Trinajstić information content (AvgIpc) is 2.27. The third kappa shape index (κ3) is 1.34. The third-order valence-corrected chi connectivity index (χ3v) is 2.78. The molecular formula is C12H10FNO2. The van der Waals surface area contributed by atoms with E-state index in [1.54, 1.807) is 14.0 Å². The SMILES string of the molecule is Cc1c(C=O)c(=O)n(C)c2ccc(F)cc12. The maximum atomic E-state index is 13.1. The molecule has 0 saturated carbocycles. The van der Waals surface area contributed by atoms with Gasteiger partial charge in [0.25, 0.3) is 5.56 Å². The lowest BCUT2D eigenvalue weighted by atomic mass is 10.1. The minimum Gasteiger partial charge on any atom is -0.311 e. The maximum Gasteiger partial charge on any atom is 0.261 e. The van der Waals surface area contributed by atoms with Gasteiger partial charge in [-0.25, -0.2) is 4.39 Å². The normalized spacial score (nSPS) is 10.7. The molecule has 1 heterocycles. The highest BCUT2D eigenvalue weighted by Gasteiger charge is 2.11. The highest BCUT2D eigenvalue weighted by Crippen LogP contribution is 2.19. The molecule has 0 unspecified atom stereocenters. The zero-order valence-corrected chi connectivity index (χ0v) is 8.95. The molecule has 0 spiro atoms. The van der Waals surface area contributed by atoms with Gasteiger partial charge in [-0.3, -0.25) is 9.59 Å². The van der Waals surface area contributed by atoms with Crippen LogP contribution < -0.4 is 5.56 Å². The van der Waals surface area contributed by atoms with Crippen LogP contribution in [0.3, 0.4) is 0 Å². The largest absolute Gasteiger partial charge is 0.311 e. The molecule has 3 nitrogen and oxygen atoms in total. The molecule has 0 radical (unpaired) electrons. The molecule has 0 aliphatic carbocycles. The Morgan fingerprint density at radius 2 is 2.06 bits per heavy atom. The molecule has 2 aromatic rings. The highest BCUT2D eigenvalue weighted by atomic mass is 19.1. The van der Waals surface area contributed by atoms with E-state index >= 15 is 0 Å². The van der Waals surface area contributed by atoms with Gasteiger partial charge in [0.2, 0.25) is 0 Å². The molecule has 1 aromatic carbocycles. The minimum atomic E-state index is -0.383. The van der Waals surface area contributed by atoms with E-state index in [4.69, 9.17) is 0 Å². The quantitative estimate of drug-likeness (QED) is 0.686. The van der Waals surface area contributed by atoms with Crippen molar-refractivity contribution < 1.29 is 9.18 Å². The second-order valence-corrected chi connectivity index (χ2v) is 3.68. The van der Waals surface area contributed by atoms with Crippen LogP contribution in [0, 0.1) is 12.7 Å². The van der Waals surface area contributed by atoms with Crippen molar-refractivity contribution in [3.63, 3.8) is 0 Å².